The molecule has 0 saturated heterocycles. The van der Waals surface area contributed by atoms with Crippen LogP contribution >= 0.6 is 22.9 Å². The number of benzene rings is 2. The fourth-order valence-electron chi connectivity index (χ4n) is 3.81. The number of aryl methyl sites for hydroxylation is 1. The van der Waals surface area contributed by atoms with Gasteiger partial charge in [-0.15, -0.1) is 11.3 Å². The molecule has 8 heteroatoms. The molecule has 1 atom stereocenters. The Kier molecular flexibility index (Phi) is 5.04. The number of rotatable bonds is 4. The van der Waals surface area contributed by atoms with Crippen molar-refractivity contribution in [2.24, 2.45) is 5.10 Å². The van der Waals surface area contributed by atoms with E-state index in [9.17, 15) is 8.42 Å². The van der Waals surface area contributed by atoms with E-state index in [1.165, 1.54) is 15.8 Å². The van der Waals surface area contributed by atoms with Crippen LogP contribution in [-0.4, -0.2) is 23.5 Å². The van der Waals surface area contributed by atoms with Gasteiger partial charge in [-0.25, -0.2) is 4.98 Å². The Bertz CT molecular complexity index is 1400. The molecule has 1 aliphatic rings. The molecular weight excluding hydrogens is 450 g/mol. The van der Waals surface area contributed by atoms with Gasteiger partial charge in [0.1, 0.15) is 5.15 Å². The first kappa shape index (κ1) is 20.2. The van der Waals surface area contributed by atoms with Crippen molar-refractivity contribution in [3.63, 3.8) is 0 Å². The van der Waals surface area contributed by atoms with Crippen molar-refractivity contribution in [2.45, 2.75) is 24.3 Å². The van der Waals surface area contributed by atoms with E-state index in [-0.39, 0.29) is 4.90 Å². The molecule has 0 aliphatic carbocycles. The Labute approximate surface area is 189 Å². The zero-order valence-corrected chi connectivity index (χ0v) is 19.0. The molecule has 1 aliphatic heterocycles. The summed E-state index contributed by atoms with van der Waals surface area (Å²) >= 11 is 8.14. The lowest BCUT2D eigenvalue weighted by Crippen LogP contribution is -2.27. The summed E-state index contributed by atoms with van der Waals surface area (Å²) < 4.78 is 28.2. The SMILES string of the molecule is Cc1cccc2cc(C3CC(c4cccs4)=NN3S(=O)(=O)c3ccccc3)c(Cl)nc12. The molecule has 0 N–H and O–H groups in total. The summed E-state index contributed by atoms with van der Waals surface area (Å²) in [4.78, 5) is 5.73. The molecule has 3 heterocycles. The van der Waals surface area contributed by atoms with E-state index in [2.05, 4.69) is 10.1 Å². The molecule has 5 rings (SSSR count). The summed E-state index contributed by atoms with van der Waals surface area (Å²) in [7, 11) is -3.87. The Morgan fingerprint density at radius 2 is 1.87 bits per heavy atom. The zero-order valence-electron chi connectivity index (χ0n) is 16.6. The number of halogens is 1. The summed E-state index contributed by atoms with van der Waals surface area (Å²) in [6.45, 7) is 1.98. The van der Waals surface area contributed by atoms with E-state index in [1.807, 2.05) is 48.7 Å². The molecule has 2 aromatic heterocycles. The van der Waals surface area contributed by atoms with Crippen molar-refractivity contribution in [1.29, 1.82) is 0 Å². The zero-order chi connectivity index (χ0) is 21.6. The van der Waals surface area contributed by atoms with Crippen LogP contribution in [0.3, 0.4) is 0 Å². The molecule has 0 spiro atoms. The number of thiophene rings is 1. The first-order valence-corrected chi connectivity index (χ1v) is 12.4. The molecule has 0 saturated carbocycles. The lowest BCUT2D eigenvalue weighted by Gasteiger charge is -2.24. The molecule has 0 amide bonds. The second-order valence-corrected chi connectivity index (χ2v) is 10.5. The number of para-hydroxylation sites is 1. The van der Waals surface area contributed by atoms with Gasteiger partial charge in [0.2, 0.25) is 0 Å². The van der Waals surface area contributed by atoms with Gasteiger partial charge in [-0.3, -0.25) is 0 Å². The van der Waals surface area contributed by atoms with Gasteiger partial charge in [-0.1, -0.05) is 54.1 Å². The normalized spacial score (nSPS) is 16.6. The lowest BCUT2D eigenvalue weighted by atomic mass is 10.0. The van der Waals surface area contributed by atoms with Gasteiger partial charge in [-0.05, 0) is 42.1 Å². The highest BCUT2D eigenvalue weighted by atomic mass is 35.5. The summed E-state index contributed by atoms with van der Waals surface area (Å²) in [5.41, 5.74) is 3.20. The first-order chi connectivity index (χ1) is 14.9. The topological polar surface area (TPSA) is 62.6 Å². The minimum atomic E-state index is -3.87. The fraction of sp³-hybridized carbons (Fsp3) is 0.130. The number of pyridine rings is 1. The van der Waals surface area contributed by atoms with Crippen LogP contribution < -0.4 is 0 Å². The maximum absolute atomic E-state index is 13.5. The van der Waals surface area contributed by atoms with Gasteiger partial charge >= 0.3 is 0 Å². The molecule has 0 bridgehead atoms. The average Bonchev–Trinajstić information content (AvgIpc) is 3.45. The van der Waals surface area contributed by atoms with Crippen molar-refractivity contribution in [3.05, 3.63) is 93.3 Å². The number of nitrogens with zero attached hydrogens (tertiary/aromatic N) is 3. The summed E-state index contributed by atoms with van der Waals surface area (Å²) in [5.74, 6) is 0. The second kappa shape index (κ2) is 7.75. The molecule has 1 unspecified atom stereocenters. The van der Waals surface area contributed by atoms with Crippen molar-refractivity contribution in [3.8, 4) is 0 Å². The van der Waals surface area contributed by atoms with E-state index >= 15 is 0 Å². The molecule has 4 aromatic rings. The number of hydrazone groups is 1. The van der Waals surface area contributed by atoms with Gasteiger partial charge in [0.05, 0.1) is 27.0 Å². The minimum Gasteiger partial charge on any atom is -0.235 e. The molecule has 2 aromatic carbocycles. The monoisotopic (exact) mass is 467 g/mol. The van der Waals surface area contributed by atoms with Crippen LogP contribution in [0.15, 0.2) is 82.1 Å². The quantitative estimate of drug-likeness (QED) is 0.356. The largest absolute Gasteiger partial charge is 0.279 e. The Morgan fingerprint density at radius 1 is 1.06 bits per heavy atom. The van der Waals surface area contributed by atoms with Gasteiger partial charge in [-0.2, -0.15) is 17.9 Å². The van der Waals surface area contributed by atoms with Crippen LogP contribution in [0.25, 0.3) is 10.9 Å². The fourth-order valence-corrected chi connectivity index (χ4v) is 6.24. The van der Waals surface area contributed by atoms with Gasteiger partial charge in [0.25, 0.3) is 10.0 Å². The first-order valence-electron chi connectivity index (χ1n) is 9.72. The van der Waals surface area contributed by atoms with E-state index < -0.39 is 16.1 Å². The van der Waals surface area contributed by atoms with E-state index in [0.29, 0.717) is 17.1 Å². The van der Waals surface area contributed by atoms with Crippen LogP contribution in [0.5, 0.6) is 0 Å². The third-order valence-electron chi connectivity index (χ3n) is 5.35. The third-order valence-corrected chi connectivity index (χ3v) is 8.27. The van der Waals surface area contributed by atoms with Crippen molar-refractivity contribution in [2.75, 3.05) is 0 Å². The van der Waals surface area contributed by atoms with E-state index in [1.54, 1.807) is 30.3 Å². The maximum Gasteiger partial charge on any atom is 0.279 e. The number of aromatic nitrogens is 1. The molecule has 5 nitrogen and oxygen atoms in total. The van der Waals surface area contributed by atoms with Gasteiger partial charge < -0.3 is 0 Å². The predicted octanol–water partition coefficient (Wildman–Crippen LogP) is 5.80. The summed E-state index contributed by atoms with van der Waals surface area (Å²) in [6, 6.07) is 19.5. The molecular formula is C23H18ClN3O2S2. The van der Waals surface area contributed by atoms with Crippen LogP contribution in [-0.2, 0) is 10.0 Å². The Morgan fingerprint density at radius 3 is 2.61 bits per heavy atom. The van der Waals surface area contributed by atoms with Gasteiger partial charge in [0.15, 0.2) is 0 Å². The number of sulfonamides is 1. The standard InChI is InChI=1S/C23H18ClN3O2S2/c1-15-7-5-8-16-13-18(23(24)25-22(15)16)20-14-19(21-11-6-12-30-21)26-27(20)31(28,29)17-9-3-2-4-10-17/h2-13,20H,14H2,1H3. The van der Waals surface area contributed by atoms with E-state index in [4.69, 9.17) is 11.6 Å². The molecule has 0 fully saturated rings. The van der Waals surface area contributed by atoms with Crippen molar-refractivity contribution in [1.82, 2.24) is 9.40 Å². The van der Waals surface area contributed by atoms with Crippen LogP contribution in [0.4, 0.5) is 0 Å². The van der Waals surface area contributed by atoms with Crippen LogP contribution in [0, 0.1) is 6.92 Å². The van der Waals surface area contributed by atoms with E-state index in [0.717, 1.165) is 27.1 Å². The van der Waals surface area contributed by atoms with Crippen LogP contribution in [0.1, 0.15) is 28.5 Å². The van der Waals surface area contributed by atoms with Crippen molar-refractivity contribution >= 4 is 49.6 Å². The maximum atomic E-state index is 13.5. The number of fused-ring (bicyclic) bond motifs is 1. The Hall–Kier alpha value is -2.74. The highest BCUT2D eigenvalue weighted by Crippen LogP contribution is 2.41. The minimum absolute atomic E-state index is 0.192. The highest BCUT2D eigenvalue weighted by molar-refractivity contribution is 7.89. The van der Waals surface area contributed by atoms with Crippen molar-refractivity contribution < 1.29 is 8.42 Å². The average molecular weight is 468 g/mol. The smallest absolute Gasteiger partial charge is 0.235 e. The number of hydrogen-bond donors (Lipinski definition) is 0. The summed E-state index contributed by atoms with van der Waals surface area (Å²) in [6.07, 6.45) is 0.422. The molecule has 0 radical (unpaired) electrons. The molecule has 156 valence electrons. The lowest BCUT2D eigenvalue weighted by molar-refractivity contribution is 0.371. The van der Waals surface area contributed by atoms with Crippen LogP contribution in [0.2, 0.25) is 5.15 Å². The second-order valence-electron chi connectivity index (χ2n) is 7.35. The summed E-state index contributed by atoms with van der Waals surface area (Å²) in [5, 5.41) is 7.73. The molecule has 31 heavy (non-hydrogen) atoms. The van der Waals surface area contributed by atoms with Gasteiger partial charge in [0, 0.05) is 17.4 Å². The Balaban J connectivity index is 1.67. The third kappa shape index (κ3) is 3.52. The number of hydrogen-bond acceptors (Lipinski definition) is 5. The predicted molar refractivity (Wildman–Crippen MR) is 125 cm³/mol. The highest BCUT2D eigenvalue weighted by Gasteiger charge is 2.39.